The molecule has 0 saturated heterocycles. The summed E-state index contributed by atoms with van der Waals surface area (Å²) in [5, 5.41) is 3.68. The van der Waals surface area contributed by atoms with E-state index in [1.807, 2.05) is 68.4 Å². The molecule has 2 aromatic carbocycles. The van der Waals surface area contributed by atoms with Crippen LogP contribution >= 0.6 is 23.4 Å². The molecule has 4 nitrogen and oxygen atoms in total. The molecule has 0 aromatic heterocycles. The van der Waals surface area contributed by atoms with Crippen LogP contribution in [0.1, 0.15) is 38.3 Å². The second-order valence-electron chi connectivity index (χ2n) is 7.12. The normalized spacial score (nSPS) is 12.8. The lowest BCUT2D eigenvalue weighted by Crippen LogP contribution is -2.50. The highest BCUT2D eigenvalue weighted by Crippen LogP contribution is 2.18. The summed E-state index contributed by atoms with van der Waals surface area (Å²) in [6.07, 6.45) is 0.849. The van der Waals surface area contributed by atoms with E-state index in [2.05, 4.69) is 5.32 Å². The van der Waals surface area contributed by atoms with Gasteiger partial charge in [-0.25, -0.2) is 0 Å². The zero-order chi connectivity index (χ0) is 21.2. The van der Waals surface area contributed by atoms with E-state index < -0.39 is 6.04 Å². The summed E-state index contributed by atoms with van der Waals surface area (Å²) in [6, 6.07) is 16.9. The Labute approximate surface area is 183 Å². The number of carbonyl (C=O) groups excluding carboxylic acids is 2. The minimum absolute atomic E-state index is 0.0420. The largest absolute Gasteiger partial charge is 0.352 e. The van der Waals surface area contributed by atoms with E-state index in [-0.39, 0.29) is 17.9 Å². The lowest BCUT2D eigenvalue weighted by atomic mass is 10.1. The van der Waals surface area contributed by atoms with Crippen LogP contribution in [0.25, 0.3) is 0 Å². The molecule has 0 unspecified atom stereocenters. The van der Waals surface area contributed by atoms with Crippen molar-refractivity contribution in [3.8, 4) is 0 Å². The van der Waals surface area contributed by atoms with E-state index in [1.165, 1.54) is 0 Å². The summed E-state index contributed by atoms with van der Waals surface area (Å²) in [6.45, 7) is 6.20. The van der Waals surface area contributed by atoms with Crippen molar-refractivity contribution in [1.82, 2.24) is 10.2 Å². The molecule has 0 heterocycles. The quantitative estimate of drug-likeness (QED) is 0.580. The van der Waals surface area contributed by atoms with Crippen molar-refractivity contribution in [2.24, 2.45) is 0 Å². The predicted molar refractivity (Wildman–Crippen MR) is 122 cm³/mol. The molecule has 0 aliphatic rings. The van der Waals surface area contributed by atoms with Crippen LogP contribution in [0.3, 0.4) is 0 Å². The van der Waals surface area contributed by atoms with Gasteiger partial charge in [-0.3, -0.25) is 9.59 Å². The molecule has 0 bridgehead atoms. The van der Waals surface area contributed by atoms with Crippen LogP contribution in [0.15, 0.2) is 54.6 Å². The molecule has 2 rings (SSSR count). The minimum Gasteiger partial charge on any atom is -0.352 e. The first-order valence-corrected chi connectivity index (χ1v) is 11.4. The second kappa shape index (κ2) is 11.9. The molecule has 2 aromatic rings. The van der Waals surface area contributed by atoms with E-state index >= 15 is 0 Å². The number of hydrogen-bond donors (Lipinski definition) is 1. The minimum atomic E-state index is -0.534. The van der Waals surface area contributed by atoms with Gasteiger partial charge in [-0.05, 0) is 43.5 Å². The Morgan fingerprint density at radius 3 is 2.31 bits per heavy atom. The maximum atomic E-state index is 13.0. The fourth-order valence-electron chi connectivity index (χ4n) is 2.75. The first-order chi connectivity index (χ1) is 13.9. The molecular weight excluding hydrogens is 404 g/mol. The number of rotatable bonds is 10. The van der Waals surface area contributed by atoms with Gasteiger partial charge in [-0.2, -0.15) is 0 Å². The van der Waals surface area contributed by atoms with Gasteiger partial charge in [0.2, 0.25) is 11.8 Å². The fraction of sp³-hybridized carbons (Fsp3) is 0.391. The molecule has 0 saturated carbocycles. The standard InChI is InChI=1S/C23H29ClN2O2S/c1-4-17(2)25-23(28)18(3)26(14-19-8-6-5-7-9-19)22(27)16-29-15-20-10-12-21(24)13-11-20/h5-13,17-18H,4,14-16H2,1-3H3,(H,25,28)/t17-,18-/m0/s1. The number of nitrogens with zero attached hydrogens (tertiary/aromatic N) is 1. The lowest BCUT2D eigenvalue weighted by molar-refractivity contribution is -0.138. The molecule has 29 heavy (non-hydrogen) atoms. The topological polar surface area (TPSA) is 49.4 Å². The maximum Gasteiger partial charge on any atom is 0.242 e. The van der Waals surface area contributed by atoms with Crippen molar-refractivity contribution in [1.29, 1.82) is 0 Å². The number of carbonyl (C=O) groups is 2. The van der Waals surface area contributed by atoms with E-state index in [0.717, 1.165) is 23.3 Å². The van der Waals surface area contributed by atoms with Gasteiger partial charge in [0.05, 0.1) is 5.75 Å². The first-order valence-electron chi connectivity index (χ1n) is 9.86. The van der Waals surface area contributed by atoms with Crippen LogP contribution < -0.4 is 5.32 Å². The molecular formula is C23H29ClN2O2S. The van der Waals surface area contributed by atoms with Crippen molar-refractivity contribution in [3.05, 3.63) is 70.7 Å². The summed E-state index contributed by atoms with van der Waals surface area (Å²) in [4.78, 5) is 27.3. The molecule has 0 radical (unpaired) electrons. The zero-order valence-electron chi connectivity index (χ0n) is 17.2. The molecule has 2 atom stereocenters. The van der Waals surface area contributed by atoms with Crippen molar-refractivity contribution >= 4 is 35.2 Å². The van der Waals surface area contributed by atoms with Crippen molar-refractivity contribution in [2.75, 3.05) is 5.75 Å². The highest BCUT2D eigenvalue weighted by molar-refractivity contribution is 7.99. The summed E-state index contributed by atoms with van der Waals surface area (Å²) in [5.41, 5.74) is 2.12. The zero-order valence-corrected chi connectivity index (χ0v) is 18.8. The van der Waals surface area contributed by atoms with Crippen LogP contribution in [-0.4, -0.2) is 34.6 Å². The van der Waals surface area contributed by atoms with E-state index in [4.69, 9.17) is 11.6 Å². The van der Waals surface area contributed by atoms with Crippen molar-refractivity contribution in [2.45, 2.75) is 51.6 Å². The predicted octanol–water partition coefficient (Wildman–Crippen LogP) is 4.91. The molecule has 1 N–H and O–H groups in total. The molecule has 0 fully saturated rings. The van der Waals surface area contributed by atoms with E-state index in [1.54, 1.807) is 23.6 Å². The average Bonchev–Trinajstić information content (AvgIpc) is 2.73. The number of hydrogen-bond acceptors (Lipinski definition) is 3. The lowest BCUT2D eigenvalue weighted by Gasteiger charge is -2.29. The molecule has 156 valence electrons. The highest BCUT2D eigenvalue weighted by atomic mass is 35.5. The molecule has 0 spiro atoms. The van der Waals surface area contributed by atoms with Crippen molar-refractivity contribution < 1.29 is 9.59 Å². The Hall–Kier alpha value is -1.98. The summed E-state index contributed by atoms with van der Waals surface area (Å²) in [5.74, 6) is 0.873. The Morgan fingerprint density at radius 1 is 1.03 bits per heavy atom. The number of thioether (sulfide) groups is 1. The Morgan fingerprint density at radius 2 is 1.69 bits per heavy atom. The highest BCUT2D eigenvalue weighted by Gasteiger charge is 2.26. The maximum absolute atomic E-state index is 13.0. The van der Waals surface area contributed by atoms with Crippen LogP contribution in [0.4, 0.5) is 0 Å². The second-order valence-corrected chi connectivity index (χ2v) is 8.54. The van der Waals surface area contributed by atoms with Gasteiger partial charge in [0.1, 0.15) is 6.04 Å². The molecule has 0 aliphatic heterocycles. The number of nitrogens with one attached hydrogen (secondary N) is 1. The summed E-state index contributed by atoms with van der Waals surface area (Å²) >= 11 is 7.46. The molecule has 6 heteroatoms. The van der Waals surface area contributed by atoms with Gasteiger partial charge in [0.15, 0.2) is 0 Å². The van der Waals surface area contributed by atoms with Crippen molar-refractivity contribution in [3.63, 3.8) is 0 Å². The van der Waals surface area contributed by atoms with Crippen LogP contribution in [0, 0.1) is 0 Å². The first kappa shape index (κ1) is 23.3. The van der Waals surface area contributed by atoms with Gasteiger partial charge in [0, 0.05) is 23.4 Å². The molecule has 2 amide bonds. The molecule has 0 aliphatic carbocycles. The summed E-state index contributed by atoms with van der Waals surface area (Å²) in [7, 11) is 0. The van der Waals surface area contributed by atoms with E-state index in [0.29, 0.717) is 17.3 Å². The van der Waals surface area contributed by atoms with Gasteiger partial charge < -0.3 is 10.2 Å². The third-order valence-corrected chi connectivity index (χ3v) is 6.01. The Bertz CT molecular complexity index is 783. The average molecular weight is 433 g/mol. The SMILES string of the molecule is CC[C@H](C)NC(=O)[C@H](C)N(Cc1ccccc1)C(=O)CSCc1ccc(Cl)cc1. The van der Waals surface area contributed by atoms with Gasteiger partial charge >= 0.3 is 0 Å². The number of amides is 2. The van der Waals surface area contributed by atoms with Crippen LogP contribution in [0.2, 0.25) is 5.02 Å². The summed E-state index contributed by atoms with van der Waals surface area (Å²) < 4.78 is 0. The number of benzene rings is 2. The van der Waals surface area contributed by atoms with Crippen LogP contribution in [0.5, 0.6) is 0 Å². The van der Waals surface area contributed by atoms with E-state index in [9.17, 15) is 9.59 Å². The van der Waals surface area contributed by atoms with Crippen LogP contribution in [-0.2, 0) is 21.9 Å². The Kier molecular flexibility index (Phi) is 9.55. The Balaban J connectivity index is 2.03. The third-order valence-electron chi connectivity index (χ3n) is 4.77. The van der Waals surface area contributed by atoms with Gasteiger partial charge in [-0.15, -0.1) is 11.8 Å². The monoisotopic (exact) mass is 432 g/mol. The van der Waals surface area contributed by atoms with Gasteiger partial charge in [0.25, 0.3) is 0 Å². The third kappa shape index (κ3) is 7.75. The van der Waals surface area contributed by atoms with Gasteiger partial charge in [-0.1, -0.05) is 61.0 Å². The smallest absolute Gasteiger partial charge is 0.242 e. The fourth-order valence-corrected chi connectivity index (χ4v) is 3.74. The number of halogens is 1.